The Hall–Kier alpha value is -4.38. The second-order valence-electron chi connectivity index (χ2n) is 8.74. The third-order valence-corrected chi connectivity index (χ3v) is 7.35. The van der Waals surface area contributed by atoms with Gasteiger partial charge in [-0.15, -0.1) is 0 Å². The van der Waals surface area contributed by atoms with Gasteiger partial charge in [-0.05, 0) is 35.9 Å². The van der Waals surface area contributed by atoms with E-state index < -0.39 is 27.9 Å². The maximum absolute atomic E-state index is 13.4. The Labute approximate surface area is 214 Å². The molecule has 0 aliphatic carbocycles. The Morgan fingerprint density at radius 3 is 2.38 bits per heavy atom. The molecule has 3 aromatic carbocycles. The maximum Gasteiger partial charge on any atom is 0.407 e. The molecule has 4 rings (SSSR count). The lowest BCUT2D eigenvalue weighted by molar-refractivity contribution is -0.118. The van der Waals surface area contributed by atoms with Crippen molar-refractivity contribution in [1.82, 2.24) is 4.90 Å². The highest BCUT2D eigenvalue weighted by Gasteiger charge is 2.34. The SMILES string of the molecule is CS(=O)(=O)c1ccccc1-c1ccc(NC(=O)C2CN(C(=O)O)CCN2c2cccc(C(=N)N)c2)cc1. The normalized spacial score (nSPS) is 15.8. The summed E-state index contributed by atoms with van der Waals surface area (Å²) in [6.07, 6.45) is 0.0481. The summed E-state index contributed by atoms with van der Waals surface area (Å²) in [5.41, 5.74) is 8.50. The number of carboxylic acid groups (broad SMARTS) is 1. The minimum absolute atomic E-state index is 0.0364. The minimum atomic E-state index is -3.43. The number of benzene rings is 3. The first kappa shape index (κ1) is 25.7. The van der Waals surface area contributed by atoms with E-state index in [0.29, 0.717) is 28.1 Å². The van der Waals surface area contributed by atoms with E-state index >= 15 is 0 Å². The van der Waals surface area contributed by atoms with Crippen LogP contribution in [0, 0.1) is 5.41 Å². The molecular formula is C26H27N5O5S. The summed E-state index contributed by atoms with van der Waals surface area (Å²) >= 11 is 0. The number of anilines is 2. The number of nitrogens with zero attached hydrogens (tertiary/aromatic N) is 2. The number of carbonyl (C=O) groups excluding carboxylic acids is 1. The molecule has 192 valence electrons. The quantitative estimate of drug-likeness (QED) is 0.287. The molecule has 10 nitrogen and oxygen atoms in total. The molecule has 1 aliphatic rings. The Morgan fingerprint density at radius 1 is 1.03 bits per heavy atom. The molecule has 11 heteroatoms. The van der Waals surface area contributed by atoms with Gasteiger partial charge in [-0.2, -0.15) is 0 Å². The summed E-state index contributed by atoms with van der Waals surface area (Å²) in [5.74, 6) is -0.506. The average molecular weight is 522 g/mol. The molecule has 0 radical (unpaired) electrons. The molecule has 0 spiro atoms. The van der Waals surface area contributed by atoms with Gasteiger partial charge in [0.2, 0.25) is 5.91 Å². The van der Waals surface area contributed by atoms with Crippen molar-refractivity contribution in [3.05, 3.63) is 78.4 Å². The second-order valence-corrected chi connectivity index (χ2v) is 10.7. The van der Waals surface area contributed by atoms with Crippen LogP contribution in [0.5, 0.6) is 0 Å². The van der Waals surface area contributed by atoms with Crippen LogP contribution in [0.3, 0.4) is 0 Å². The number of rotatable bonds is 6. The highest BCUT2D eigenvalue weighted by atomic mass is 32.2. The number of amides is 2. The lowest BCUT2D eigenvalue weighted by atomic mass is 10.0. The van der Waals surface area contributed by atoms with E-state index in [-0.39, 0.29) is 30.4 Å². The summed E-state index contributed by atoms with van der Waals surface area (Å²) in [5, 5.41) is 20.1. The number of nitrogens with two attached hydrogens (primary N) is 1. The molecule has 1 aliphatic heterocycles. The summed E-state index contributed by atoms with van der Waals surface area (Å²) in [4.78, 5) is 28.2. The lowest BCUT2D eigenvalue weighted by Crippen LogP contribution is -2.59. The number of piperazine rings is 1. The Kier molecular flexibility index (Phi) is 7.16. The van der Waals surface area contributed by atoms with Crippen LogP contribution in [-0.2, 0) is 14.6 Å². The lowest BCUT2D eigenvalue weighted by Gasteiger charge is -2.40. The first-order chi connectivity index (χ1) is 17.5. The van der Waals surface area contributed by atoms with Crippen molar-refractivity contribution < 1.29 is 23.1 Å². The van der Waals surface area contributed by atoms with E-state index in [0.717, 1.165) is 6.26 Å². The number of carbonyl (C=O) groups is 2. The molecule has 5 N–H and O–H groups in total. The summed E-state index contributed by atoms with van der Waals surface area (Å²) in [6.45, 7) is 0.468. The van der Waals surface area contributed by atoms with E-state index in [4.69, 9.17) is 11.1 Å². The number of hydrogen-bond acceptors (Lipinski definition) is 6. The second kappa shape index (κ2) is 10.3. The number of sulfone groups is 1. The zero-order chi connectivity index (χ0) is 26.7. The van der Waals surface area contributed by atoms with Crippen molar-refractivity contribution >= 4 is 39.0 Å². The minimum Gasteiger partial charge on any atom is -0.465 e. The van der Waals surface area contributed by atoms with Crippen LogP contribution in [0.25, 0.3) is 11.1 Å². The Bertz CT molecular complexity index is 1460. The van der Waals surface area contributed by atoms with Crippen molar-refractivity contribution in [3.63, 3.8) is 0 Å². The van der Waals surface area contributed by atoms with Crippen LogP contribution in [0.1, 0.15) is 5.56 Å². The first-order valence-electron chi connectivity index (χ1n) is 11.4. The van der Waals surface area contributed by atoms with Crippen LogP contribution in [0.2, 0.25) is 0 Å². The number of amidine groups is 1. The van der Waals surface area contributed by atoms with E-state index in [2.05, 4.69) is 5.32 Å². The molecule has 1 saturated heterocycles. The van der Waals surface area contributed by atoms with Gasteiger partial charge in [-0.3, -0.25) is 10.2 Å². The highest BCUT2D eigenvalue weighted by Crippen LogP contribution is 2.29. The number of hydrogen-bond donors (Lipinski definition) is 4. The van der Waals surface area contributed by atoms with E-state index in [9.17, 15) is 23.1 Å². The van der Waals surface area contributed by atoms with Gasteiger partial charge in [-0.25, -0.2) is 13.2 Å². The van der Waals surface area contributed by atoms with E-state index in [1.807, 2.05) is 0 Å². The van der Waals surface area contributed by atoms with Crippen molar-refractivity contribution in [2.24, 2.45) is 5.73 Å². The van der Waals surface area contributed by atoms with Crippen molar-refractivity contribution in [1.29, 1.82) is 5.41 Å². The topological polar surface area (TPSA) is 157 Å². The van der Waals surface area contributed by atoms with Gasteiger partial charge in [0.05, 0.1) is 11.4 Å². The van der Waals surface area contributed by atoms with Crippen LogP contribution in [0.15, 0.2) is 77.7 Å². The largest absolute Gasteiger partial charge is 0.465 e. The number of nitrogen functional groups attached to an aromatic ring is 1. The van der Waals surface area contributed by atoms with Crippen molar-refractivity contribution in [2.75, 3.05) is 36.1 Å². The average Bonchev–Trinajstić information content (AvgIpc) is 2.88. The van der Waals surface area contributed by atoms with Gasteiger partial charge in [0, 0.05) is 41.8 Å². The van der Waals surface area contributed by atoms with Crippen LogP contribution >= 0.6 is 0 Å². The third kappa shape index (κ3) is 5.72. The van der Waals surface area contributed by atoms with E-state index in [1.165, 1.54) is 4.90 Å². The maximum atomic E-state index is 13.4. The summed E-state index contributed by atoms with van der Waals surface area (Å²) < 4.78 is 24.3. The molecule has 1 fully saturated rings. The van der Waals surface area contributed by atoms with Crippen molar-refractivity contribution in [3.8, 4) is 11.1 Å². The van der Waals surface area contributed by atoms with Gasteiger partial charge in [0.25, 0.3) is 0 Å². The molecule has 37 heavy (non-hydrogen) atoms. The Morgan fingerprint density at radius 2 is 1.73 bits per heavy atom. The third-order valence-electron chi connectivity index (χ3n) is 6.19. The molecule has 1 atom stereocenters. The highest BCUT2D eigenvalue weighted by molar-refractivity contribution is 7.90. The Balaban J connectivity index is 1.59. The fraction of sp³-hybridized carbons (Fsp3) is 0.192. The fourth-order valence-electron chi connectivity index (χ4n) is 4.33. The predicted octanol–water partition coefficient (Wildman–Crippen LogP) is 2.85. The van der Waals surface area contributed by atoms with Gasteiger partial charge < -0.3 is 26.0 Å². The van der Waals surface area contributed by atoms with Gasteiger partial charge >= 0.3 is 6.09 Å². The monoisotopic (exact) mass is 521 g/mol. The molecule has 1 unspecified atom stereocenters. The first-order valence-corrected chi connectivity index (χ1v) is 13.3. The van der Waals surface area contributed by atoms with Gasteiger partial charge in [-0.1, -0.05) is 42.5 Å². The number of nitrogens with one attached hydrogen (secondary N) is 2. The van der Waals surface area contributed by atoms with Crippen LogP contribution < -0.4 is 16.0 Å². The molecule has 0 aromatic heterocycles. The molecule has 0 bridgehead atoms. The van der Waals surface area contributed by atoms with Crippen molar-refractivity contribution in [2.45, 2.75) is 10.9 Å². The molecule has 2 amide bonds. The fourth-order valence-corrected chi connectivity index (χ4v) is 5.24. The summed E-state index contributed by atoms with van der Waals surface area (Å²) in [6, 6.07) is 19.6. The van der Waals surface area contributed by atoms with E-state index in [1.54, 1.807) is 77.7 Å². The standard InChI is InChI=1S/C26H27N5O5S/c1-37(35,36)23-8-3-2-7-21(23)17-9-11-19(12-10-17)29-25(32)22-16-30(26(33)34)13-14-31(22)20-6-4-5-18(15-20)24(27)28/h2-12,15,22H,13-14,16H2,1H3,(H3,27,28)(H,29,32)(H,33,34). The van der Waals surface area contributed by atoms with Crippen LogP contribution in [-0.4, -0.2) is 68.2 Å². The molecule has 0 saturated carbocycles. The summed E-state index contributed by atoms with van der Waals surface area (Å²) in [7, 11) is -3.43. The van der Waals surface area contributed by atoms with Gasteiger partial charge in [0.1, 0.15) is 11.9 Å². The van der Waals surface area contributed by atoms with Gasteiger partial charge in [0.15, 0.2) is 9.84 Å². The zero-order valence-corrected chi connectivity index (χ0v) is 20.9. The van der Waals surface area contributed by atoms with Crippen LogP contribution in [0.4, 0.5) is 16.2 Å². The molecular weight excluding hydrogens is 494 g/mol. The smallest absolute Gasteiger partial charge is 0.407 e. The molecule has 3 aromatic rings. The zero-order valence-electron chi connectivity index (χ0n) is 20.1. The molecule has 1 heterocycles. The predicted molar refractivity (Wildman–Crippen MR) is 142 cm³/mol.